The van der Waals surface area contributed by atoms with Gasteiger partial charge in [-0.2, -0.15) is 0 Å². The third-order valence-corrected chi connectivity index (χ3v) is 6.77. The lowest BCUT2D eigenvalue weighted by atomic mass is 9.91. The van der Waals surface area contributed by atoms with Gasteiger partial charge in [0.05, 0.1) is 11.5 Å². The Morgan fingerprint density at radius 3 is 2.80 bits per heavy atom. The van der Waals surface area contributed by atoms with Crippen molar-refractivity contribution >= 4 is 15.7 Å². The highest BCUT2D eigenvalue weighted by atomic mass is 32.2. The second-order valence-corrected chi connectivity index (χ2v) is 8.69. The Hall–Kier alpha value is -0.620. The Labute approximate surface area is 121 Å². The van der Waals surface area contributed by atoms with E-state index in [-0.39, 0.29) is 23.5 Å². The van der Waals surface area contributed by atoms with Gasteiger partial charge in [0.2, 0.25) is 5.91 Å². The van der Waals surface area contributed by atoms with E-state index >= 15 is 0 Å². The van der Waals surface area contributed by atoms with E-state index in [4.69, 9.17) is 0 Å². The maximum atomic E-state index is 12.5. The maximum Gasteiger partial charge on any atom is 0.224 e. The number of carbonyl (C=O) groups is 1. The first-order chi connectivity index (χ1) is 9.55. The number of nitrogens with zero attached hydrogens (tertiary/aromatic N) is 1. The van der Waals surface area contributed by atoms with Crippen molar-refractivity contribution in [2.24, 2.45) is 5.92 Å². The minimum absolute atomic E-state index is 0.112. The molecule has 0 aromatic heterocycles. The second-order valence-electron chi connectivity index (χ2n) is 6.46. The average molecular weight is 300 g/mol. The zero-order valence-corrected chi connectivity index (χ0v) is 12.7. The third kappa shape index (κ3) is 3.01. The molecule has 1 saturated carbocycles. The molecule has 0 spiro atoms. The van der Waals surface area contributed by atoms with Crippen molar-refractivity contribution in [2.45, 2.75) is 50.6 Å². The van der Waals surface area contributed by atoms with Crippen molar-refractivity contribution in [1.29, 1.82) is 0 Å². The monoisotopic (exact) mass is 300 g/mol. The summed E-state index contributed by atoms with van der Waals surface area (Å²) in [5.74, 6) is 1.15. The Morgan fingerprint density at radius 1 is 1.20 bits per heavy atom. The summed E-state index contributed by atoms with van der Waals surface area (Å²) in [7, 11) is -2.96. The summed E-state index contributed by atoms with van der Waals surface area (Å²) >= 11 is 0. The fourth-order valence-electron chi connectivity index (χ4n) is 4.09. The molecule has 20 heavy (non-hydrogen) atoms. The van der Waals surface area contributed by atoms with Gasteiger partial charge in [-0.3, -0.25) is 4.79 Å². The minimum Gasteiger partial charge on any atom is -0.339 e. The summed E-state index contributed by atoms with van der Waals surface area (Å²) in [5.41, 5.74) is 0. The predicted molar refractivity (Wildman–Crippen MR) is 77.1 cm³/mol. The largest absolute Gasteiger partial charge is 0.339 e. The van der Waals surface area contributed by atoms with E-state index in [1.54, 1.807) is 0 Å². The molecule has 0 radical (unpaired) electrons. The van der Waals surface area contributed by atoms with Crippen LogP contribution < -0.4 is 5.32 Å². The van der Waals surface area contributed by atoms with Crippen LogP contribution in [-0.4, -0.2) is 55.9 Å². The van der Waals surface area contributed by atoms with Crippen molar-refractivity contribution in [3.63, 3.8) is 0 Å². The smallest absolute Gasteiger partial charge is 0.224 e. The maximum absolute atomic E-state index is 12.5. The number of nitrogens with one attached hydrogen (secondary N) is 1. The Bertz CT molecular complexity index is 477. The van der Waals surface area contributed by atoms with Crippen molar-refractivity contribution in [1.82, 2.24) is 10.2 Å². The molecule has 0 aromatic carbocycles. The molecule has 3 rings (SSSR count). The zero-order valence-electron chi connectivity index (χ0n) is 11.9. The first kappa shape index (κ1) is 14.3. The number of hydrogen-bond acceptors (Lipinski definition) is 4. The number of carbonyl (C=O) groups excluding carboxylic acids is 1. The van der Waals surface area contributed by atoms with Gasteiger partial charge >= 0.3 is 0 Å². The zero-order chi connectivity index (χ0) is 14.2. The molecular weight excluding hydrogens is 276 g/mol. The number of sulfone groups is 1. The number of fused-ring (bicyclic) bond motifs is 1. The van der Waals surface area contributed by atoms with E-state index < -0.39 is 9.84 Å². The first-order valence-corrected chi connectivity index (χ1v) is 9.60. The molecule has 6 heteroatoms. The first-order valence-electron chi connectivity index (χ1n) is 7.78. The molecule has 114 valence electrons. The van der Waals surface area contributed by atoms with Gasteiger partial charge in [0.1, 0.15) is 0 Å². The summed E-state index contributed by atoms with van der Waals surface area (Å²) < 4.78 is 23.3. The average Bonchev–Trinajstić information content (AvgIpc) is 2.85. The molecule has 2 saturated heterocycles. The highest BCUT2D eigenvalue weighted by Gasteiger charge is 2.38. The van der Waals surface area contributed by atoms with E-state index in [1.165, 1.54) is 19.3 Å². The molecule has 5 nitrogen and oxygen atoms in total. The molecule has 3 aliphatic rings. The number of hydrogen-bond donors (Lipinski definition) is 1. The van der Waals surface area contributed by atoms with Crippen molar-refractivity contribution in [3.8, 4) is 0 Å². The van der Waals surface area contributed by atoms with E-state index in [2.05, 4.69) is 5.32 Å². The molecule has 1 N–H and O–H groups in total. The standard InChI is InChI=1S/C14H24N2O3S/c17-14(9-12-10-20(18,19)8-6-15-12)16-7-2-4-11-3-1-5-13(11)16/h11-13,15H,1-10H2. The van der Waals surface area contributed by atoms with Gasteiger partial charge in [-0.25, -0.2) is 8.42 Å². The number of piperidine rings is 1. The summed E-state index contributed by atoms with van der Waals surface area (Å²) in [5, 5.41) is 3.18. The quantitative estimate of drug-likeness (QED) is 0.809. The van der Waals surface area contributed by atoms with Crippen LogP contribution in [0.5, 0.6) is 0 Å². The van der Waals surface area contributed by atoms with Gasteiger partial charge in [0.25, 0.3) is 0 Å². The predicted octanol–water partition coefficient (Wildman–Crippen LogP) is 0.554. The van der Waals surface area contributed by atoms with Gasteiger partial charge in [-0.1, -0.05) is 6.42 Å². The highest BCUT2D eigenvalue weighted by Crippen LogP contribution is 2.37. The molecule has 3 fully saturated rings. The SMILES string of the molecule is O=C(CC1CS(=O)(=O)CCN1)N1CCCC2CCCC21. The molecule has 1 amide bonds. The van der Waals surface area contributed by atoms with Gasteiger partial charge in [-0.05, 0) is 31.6 Å². The van der Waals surface area contributed by atoms with Gasteiger partial charge in [0.15, 0.2) is 9.84 Å². The van der Waals surface area contributed by atoms with E-state index in [0.29, 0.717) is 24.9 Å². The van der Waals surface area contributed by atoms with Gasteiger partial charge in [0, 0.05) is 31.6 Å². The number of likely N-dealkylation sites (tertiary alicyclic amines) is 1. The lowest BCUT2D eigenvalue weighted by Crippen LogP contribution is -2.51. The topological polar surface area (TPSA) is 66.5 Å². The number of amides is 1. The van der Waals surface area contributed by atoms with Crippen LogP contribution in [0.3, 0.4) is 0 Å². The Kier molecular flexibility index (Phi) is 4.04. The molecule has 0 bridgehead atoms. The van der Waals surface area contributed by atoms with E-state index in [1.807, 2.05) is 4.90 Å². The van der Waals surface area contributed by atoms with Crippen LogP contribution in [0.4, 0.5) is 0 Å². The van der Waals surface area contributed by atoms with Crippen LogP contribution in [0.15, 0.2) is 0 Å². The molecule has 3 atom stereocenters. The lowest BCUT2D eigenvalue weighted by molar-refractivity contribution is -0.136. The third-order valence-electron chi connectivity index (χ3n) is 5.04. The van der Waals surface area contributed by atoms with Gasteiger partial charge in [-0.15, -0.1) is 0 Å². The Morgan fingerprint density at radius 2 is 2.00 bits per heavy atom. The molecule has 2 aliphatic heterocycles. The summed E-state index contributed by atoms with van der Waals surface area (Å²) in [6.07, 6.45) is 6.31. The Balaban J connectivity index is 1.61. The fraction of sp³-hybridized carbons (Fsp3) is 0.929. The fourth-order valence-corrected chi connectivity index (χ4v) is 5.53. The molecule has 0 aromatic rings. The molecule has 3 unspecified atom stereocenters. The minimum atomic E-state index is -2.96. The summed E-state index contributed by atoms with van der Waals surface area (Å²) in [6, 6.07) is 0.236. The van der Waals surface area contributed by atoms with Gasteiger partial charge < -0.3 is 10.2 Å². The van der Waals surface area contributed by atoms with Crippen LogP contribution in [0.2, 0.25) is 0 Å². The van der Waals surface area contributed by atoms with Crippen LogP contribution >= 0.6 is 0 Å². The van der Waals surface area contributed by atoms with Crippen LogP contribution in [0.25, 0.3) is 0 Å². The number of rotatable bonds is 2. The molecule has 2 heterocycles. The highest BCUT2D eigenvalue weighted by molar-refractivity contribution is 7.91. The van der Waals surface area contributed by atoms with Crippen molar-refractivity contribution < 1.29 is 13.2 Å². The van der Waals surface area contributed by atoms with Crippen molar-refractivity contribution in [2.75, 3.05) is 24.6 Å². The second kappa shape index (κ2) is 5.64. The summed E-state index contributed by atoms with van der Waals surface area (Å²) in [6.45, 7) is 1.34. The normalized spacial score (nSPS) is 36.6. The molecular formula is C14H24N2O3S. The summed E-state index contributed by atoms with van der Waals surface area (Å²) in [4.78, 5) is 14.6. The molecule has 1 aliphatic carbocycles. The van der Waals surface area contributed by atoms with Crippen LogP contribution in [-0.2, 0) is 14.6 Å². The van der Waals surface area contributed by atoms with Crippen LogP contribution in [0.1, 0.15) is 38.5 Å². The van der Waals surface area contributed by atoms with Crippen LogP contribution in [0, 0.1) is 5.92 Å². The van der Waals surface area contributed by atoms with E-state index in [9.17, 15) is 13.2 Å². The van der Waals surface area contributed by atoms with Crippen molar-refractivity contribution in [3.05, 3.63) is 0 Å². The lowest BCUT2D eigenvalue weighted by Gasteiger charge is -2.38. The van der Waals surface area contributed by atoms with E-state index in [0.717, 1.165) is 19.4 Å².